The maximum atomic E-state index is 5.61. The Labute approximate surface area is 83.3 Å². The molecule has 1 rings (SSSR count). The van der Waals surface area contributed by atoms with E-state index in [9.17, 15) is 0 Å². The van der Waals surface area contributed by atoms with E-state index in [1.165, 1.54) is 0 Å². The highest BCUT2D eigenvalue weighted by molar-refractivity contribution is 6.28. The van der Waals surface area contributed by atoms with Gasteiger partial charge in [0.1, 0.15) is 5.76 Å². The molecule has 0 fully saturated rings. The zero-order valence-corrected chi connectivity index (χ0v) is 8.48. The van der Waals surface area contributed by atoms with Gasteiger partial charge in [0, 0.05) is 0 Å². The zero-order chi connectivity index (χ0) is 9.90. The van der Waals surface area contributed by atoms with E-state index in [1.54, 1.807) is 6.07 Å². The van der Waals surface area contributed by atoms with Crippen molar-refractivity contribution >= 4 is 11.6 Å². The molecule has 0 aliphatic carbocycles. The van der Waals surface area contributed by atoms with Crippen LogP contribution in [0.25, 0.3) is 0 Å². The largest absolute Gasteiger partial charge is 0.448 e. The Morgan fingerprint density at radius 2 is 2.31 bits per heavy atom. The number of nitrogens with one attached hydrogen (secondary N) is 1. The maximum Gasteiger partial charge on any atom is 0.193 e. The predicted molar refractivity (Wildman–Crippen MR) is 53.5 cm³/mol. The molecule has 0 bridgehead atoms. The molecule has 0 saturated heterocycles. The zero-order valence-electron chi connectivity index (χ0n) is 7.73. The first kappa shape index (κ1) is 10.2. The van der Waals surface area contributed by atoms with Crippen molar-refractivity contribution < 1.29 is 4.42 Å². The first-order valence-corrected chi connectivity index (χ1v) is 4.38. The van der Waals surface area contributed by atoms with Gasteiger partial charge >= 0.3 is 0 Å². The molecule has 70 valence electrons. The third-order valence-corrected chi connectivity index (χ3v) is 1.90. The molecular formula is C10H12ClNO. The lowest BCUT2D eigenvalue weighted by molar-refractivity contribution is 0.429. The van der Waals surface area contributed by atoms with E-state index in [4.69, 9.17) is 22.4 Å². The summed E-state index contributed by atoms with van der Waals surface area (Å²) in [5.41, 5.74) is -0.320. The number of hydrogen-bond donors (Lipinski definition) is 1. The lowest BCUT2D eigenvalue weighted by Gasteiger charge is -2.18. The van der Waals surface area contributed by atoms with E-state index in [0.717, 1.165) is 5.76 Å². The standard InChI is InChI=1S/C10H12ClNO/c1-4-10(2,3)12-7-8-5-6-9(11)13-8/h1,5-6,12H,7H2,2-3H3. The molecule has 1 aromatic heterocycles. The molecule has 0 atom stereocenters. The van der Waals surface area contributed by atoms with Gasteiger partial charge in [0.2, 0.25) is 0 Å². The van der Waals surface area contributed by atoms with Crippen molar-refractivity contribution in [2.24, 2.45) is 0 Å². The molecule has 0 amide bonds. The van der Waals surface area contributed by atoms with E-state index in [0.29, 0.717) is 11.8 Å². The van der Waals surface area contributed by atoms with Crippen LogP contribution in [0.3, 0.4) is 0 Å². The van der Waals surface area contributed by atoms with Crippen molar-refractivity contribution in [1.82, 2.24) is 5.32 Å². The van der Waals surface area contributed by atoms with Gasteiger partial charge in [-0.15, -0.1) is 6.42 Å². The molecule has 1 aromatic rings. The highest BCUT2D eigenvalue weighted by Gasteiger charge is 2.12. The molecular weight excluding hydrogens is 186 g/mol. The van der Waals surface area contributed by atoms with E-state index in [-0.39, 0.29) is 5.54 Å². The van der Waals surface area contributed by atoms with Crippen molar-refractivity contribution in [3.05, 3.63) is 23.1 Å². The van der Waals surface area contributed by atoms with E-state index in [2.05, 4.69) is 11.2 Å². The second-order valence-electron chi connectivity index (χ2n) is 3.33. The maximum absolute atomic E-state index is 5.61. The molecule has 2 nitrogen and oxygen atoms in total. The fraction of sp³-hybridized carbons (Fsp3) is 0.400. The summed E-state index contributed by atoms with van der Waals surface area (Å²) < 4.78 is 5.16. The average molecular weight is 198 g/mol. The van der Waals surface area contributed by atoms with Crippen LogP contribution in [0.1, 0.15) is 19.6 Å². The van der Waals surface area contributed by atoms with E-state index < -0.39 is 0 Å². The summed E-state index contributed by atoms with van der Waals surface area (Å²) in [5.74, 6) is 3.42. The second-order valence-corrected chi connectivity index (χ2v) is 3.70. The minimum Gasteiger partial charge on any atom is -0.448 e. The highest BCUT2D eigenvalue weighted by atomic mass is 35.5. The molecule has 0 saturated carbocycles. The highest BCUT2D eigenvalue weighted by Crippen LogP contribution is 2.13. The van der Waals surface area contributed by atoms with E-state index >= 15 is 0 Å². The molecule has 0 aliphatic rings. The number of terminal acetylenes is 1. The Bertz CT molecular complexity index is 322. The van der Waals surface area contributed by atoms with Gasteiger partial charge in [-0.25, -0.2) is 0 Å². The second kappa shape index (κ2) is 3.87. The smallest absolute Gasteiger partial charge is 0.193 e. The Morgan fingerprint density at radius 1 is 1.62 bits per heavy atom. The van der Waals surface area contributed by atoms with Crippen molar-refractivity contribution in [1.29, 1.82) is 0 Å². The molecule has 3 heteroatoms. The number of rotatable bonds is 3. The summed E-state index contributed by atoms with van der Waals surface area (Å²) >= 11 is 5.61. The van der Waals surface area contributed by atoms with E-state index in [1.807, 2.05) is 19.9 Å². The summed E-state index contributed by atoms with van der Waals surface area (Å²) in [6.45, 7) is 4.44. The number of furan rings is 1. The number of halogens is 1. The summed E-state index contributed by atoms with van der Waals surface area (Å²) in [4.78, 5) is 0. The molecule has 0 aromatic carbocycles. The van der Waals surface area contributed by atoms with Gasteiger partial charge in [-0.3, -0.25) is 5.32 Å². The van der Waals surface area contributed by atoms with Crippen LogP contribution in [0, 0.1) is 12.3 Å². The Hall–Kier alpha value is -0.910. The normalized spacial score (nSPS) is 11.2. The Kier molecular flexibility index (Phi) is 3.02. The molecule has 13 heavy (non-hydrogen) atoms. The van der Waals surface area contributed by atoms with Crippen LogP contribution in [-0.4, -0.2) is 5.54 Å². The molecule has 0 spiro atoms. The Balaban J connectivity index is 2.49. The van der Waals surface area contributed by atoms with Crippen LogP contribution in [0.2, 0.25) is 5.22 Å². The monoisotopic (exact) mass is 197 g/mol. The van der Waals surface area contributed by atoms with Crippen LogP contribution in [0.15, 0.2) is 16.5 Å². The van der Waals surface area contributed by atoms with Crippen molar-refractivity contribution in [2.75, 3.05) is 0 Å². The quantitative estimate of drug-likeness (QED) is 0.753. The third kappa shape index (κ3) is 3.14. The van der Waals surface area contributed by atoms with Gasteiger partial charge in [0.05, 0.1) is 12.1 Å². The molecule has 0 unspecified atom stereocenters. The fourth-order valence-corrected chi connectivity index (χ4v) is 0.968. The molecule has 0 radical (unpaired) electrons. The molecule has 0 aliphatic heterocycles. The van der Waals surface area contributed by atoms with Crippen molar-refractivity contribution in [2.45, 2.75) is 25.9 Å². The first-order chi connectivity index (χ1) is 6.03. The lowest BCUT2D eigenvalue weighted by atomic mass is 10.1. The summed E-state index contributed by atoms with van der Waals surface area (Å²) in [6.07, 6.45) is 5.31. The van der Waals surface area contributed by atoms with Gasteiger partial charge < -0.3 is 4.42 Å². The topological polar surface area (TPSA) is 25.2 Å². The minimum absolute atomic E-state index is 0.320. The van der Waals surface area contributed by atoms with Gasteiger partial charge in [0.15, 0.2) is 5.22 Å². The van der Waals surface area contributed by atoms with Crippen LogP contribution in [0.4, 0.5) is 0 Å². The van der Waals surface area contributed by atoms with Crippen molar-refractivity contribution in [3.8, 4) is 12.3 Å². The van der Waals surface area contributed by atoms with Crippen LogP contribution >= 0.6 is 11.6 Å². The Morgan fingerprint density at radius 3 is 2.77 bits per heavy atom. The number of hydrogen-bond acceptors (Lipinski definition) is 2. The lowest BCUT2D eigenvalue weighted by Crippen LogP contribution is -2.36. The van der Waals surface area contributed by atoms with Crippen LogP contribution < -0.4 is 5.32 Å². The summed E-state index contributed by atoms with van der Waals surface area (Å²) in [5, 5.41) is 3.55. The van der Waals surface area contributed by atoms with Crippen LogP contribution in [-0.2, 0) is 6.54 Å². The van der Waals surface area contributed by atoms with Gasteiger partial charge in [-0.05, 0) is 37.6 Å². The van der Waals surface area contributed by atoms with Gasteiger partial charge in [0.25, 0.3) is 0 Å². The summed E-state index contributed by atoms with van der Waals surface area (Å²) in [6, 6.07) is 3.53. The average Bonchev–Trinajstić information content (AvgIpc) is 2.48. The summed E-state index contributed by atoms with van der Waals surface area (Å²) in [7, 11) is 0. The fourth-order valence-electron chi connectivity index (χ4n) is 0.806. The van der Waals surface area contributed by atoms with Crippen molar-refractivity contribution in [3.63, 3.8) is 0 Å². The first-order valence-electron chi connectivity index (χ1n) is 4.00. The van der Waals surface area contributed by atoms with Gasteiger partial charge in [-0.2, -0.15) is 0 Å². The predicted octanol–water partition coefficient (Wildman–Crippen LogP) is 2.43. The third-order valence-electron chi connectivity index (χ3n) is 1.69. The molecule has 1 N–H and O–H groups in total. The van der Waals surface area contributed by atoms with Gasteiger partial charge in [-0.1, -0.05) is 5.92 Å². The van der Waals surface area contributed by atoms with Crippen LogP contribution in [0.5, 0.6) is 0 Å². The molecule has 1 heterocycles. The SMILES string of the molecule is C#CC(C)(C)NCc1ccc(Cl)o1. The minimum atomic E-state index is -0.320.